The fourth-order valence-electron chi connectivity index (χ4n) is 0.742. The van der Waals surface area contributed by atoms with Gasteiger partial charge in [-0.3, -0.25) is 0 Å². The Balaban J connectivity index is 0. The van der Waals surface area contributed by atoms with Gasteiger partial charge in [-0.15, -0.1) is 0 Å². The Kier molecular flexibility index (Phi) is 9.23. The van der Waals surface area contributed by atoms with Gasteiger partial charge in [-0.25, -0.2) is 0 Å². The van der Waals surface area contributed by atoms with Crippen LogP contribution in [0.15, 0.2) is 24.3 Å². The second-order valence-corrected chi connectivity index (χ2v) is 2.15. The van der Waals surface area contributed by atoms with Crippen LogP contribution in [0.1, 0.15) is 20.7 Å². The van der Waals surface area contributed by atoms with Crippen molar-refractivity contribution in [2.75, 3.05) is 0 Å². The summed E-state index contributed by atoms with van der Waals surface area (Å²) in [5.41, 5.74) is -0.111. The molecule has 0 amide bonds. The first-order valence-electron chi connectivity index (χ1n) is 3.14. The molecule has 4 nitrogen and oxygen atoms in total. The van der Waals surface area contributed by atoms with E-state index in [4.69, 9.17) is 0 Å². The van der Waals surface area contributed by atoms with Crippen molar-refractivity contribution in [3.05, 3.63) is 35.4 Å². The fourth-order valence-corrected chi connectivity index (χ4v) is 0.742. The summed E-state index contributed by atoms with van der Waals surface area (Å²) in [4.78, 5) is 20.4. The minimum atomic E-state index is -1.33. The van der Waals surface area contributed by atoms with E-state index in [1.165, 1.54) is 0 Å². The van der Waals surface area contributed by atoms with E-state index in [0.29, 0.717) is 0 Å². The molecular formula is C8H5CaNaO4. The summed E-state index contributed by atoms with van der Waals surface area (Å²) < 4.78 is 0. The number of carboxylic acids is 2. The molecule has 1 aromatic rings. The van der Waals surface area contributed by atoms with Crippen LogP contribution in [0.25, 0.3) is 0 Å². The predicted molar refractivity (Wildman–Crippen MR) is 48.0 cm³/mol. The van der Waals surface area contributed by atoms with E-state index in [2.05, 4.69) is 0 Å². The first-order chi connectivity index (χ1) is 5.61. The SMILES string of the molecule is O=C([O-])c1ccc(C(=O)[O-])cc1.[Ca+2].[NaH]. The van der Waals surface area contributed by atoms with E-state index < -0.39 is 11.9 Å². The molecule has 64 valence electrons. The summed E-state index contributed by atoms with van der Waals surface area (Å²) in [7, 11) is 0. The minimum absolute atomic E-state index is 0. The Morgan fingerprint density at radius 3 is 1.21 bits per heavy atom. The maximum atomic E-state index is 10.2. The number of carbonyl (C=O) groups excluding carboxylic acids is 2. The van der Waals surface area contributed by atoms with Crippen LogP contribution < -0.4 is 10.2 Å². The van der Waals surface area contributed by atoms with E-state index in [9.17, 15) is 19.8 Å². The summed E-state index contributed by atoms with van der Waals surface area (Å²) in [5.74, 6) is -2.67. The average Bonchev–Trinajstić information content (AvgIpc) is 2.04. The van der Waals surface area contributed by atoms with Crippen LogP contribution in [0.2, 0.25) is 0 Å². The third-order valence-electron chi connectivity index (χ3n) is 1.36. The van der Waals surface area contributed by atoms with Gasteiger partial charge >= 0.3 is 67.3 Å². The van der Waals surface area contributed by atoms with Crippen LogP contribution in [0.5, 0.6) is 0 Å². The standard InChI is InChI=1S/C8H6O4.Ca.Na.H/c9-7(10)5-1-2-6(4-3-5)8(11)12;;;/h1-4H,(H,9,10)(H,11,12);;;/q;+2;;/p-2. The number of aromatic carboxylic acids is 2. The molecule has 1 rings (SSSR count). The first-order valence-corrected chi connectivity index (χ1v) is 3.14. The van der Waals surface area contributed by atoms with Gasteiger partial charge < -0.3 is 19.8 Å². The van der Waals surface area contributed by atoms with Crippen LogP contribution in [-0.4, -0.2) is 79.2 Å². The molecule has 0 aliphatic heterocycles. The topological polar surface area (TPSA) is 80.3 Å². The molecule has 0 spiro atoms. The number of carboxylic acid groups (broad SMARTS) is 2. The zero-order valence-electron chi connectivity index (χ0n) is 6.65. The van der Waals surface area contributed by atoms with Crippen molar-refractivity contribution >= 4 is 79.2 Å². The number of carbonyl (C=O) groups is 2. The summed E-state index contributed by atoms with van der Waals surface area (Å²) in [6, 6.07) is 4.61. The van der Waals surface area contributed by atoms with Gasteiger partial charge in [0.1, 0.15) is 0 Å². The first kappa shape index (κ1) is 16.8. The van der Waals surface area contributed by atoms with Crippen molar-refractivity contribution < 1.29 is 19.8 Å². The summed E-state index contributed by atoms with van der Waals surface area (Å²) in [6.45, 7) is 0. The van der Waals surface area contributed by atoms with Crippen LogP contribution >= 0.6 is 0 Å². The molecule has 0 unspecified atom stereocenters. The van der Waals surface area contributed by atoms with Gasteiger partial charge in [-0.2, -0.15) is 0 Å². The zero-order chi connectivity index (χ0) is 9.14. The summed E-state index contributed by atoms with van der Waals surface area (Å²) in [5, 5.41) is 20.4. The van der Waals surface area contributed by atoms with Crippen molar-refractivity contribution in [2.24, 2.45) is 0 Å². The maximum absolute atomic E-state index is 10.2. The number of benzene rings is 1. The van der Waals surface area contributed by atoms with Crippen molar-refractivity contribution in [2.45, 2.75) is 0 Å². The molecule has 0 N–H and O–H groups in total. The number of hydrogen-bond donors (Lipinski definition) is 0. The van der Waals surface area contributed by atoms with Gasteiger partial charge in [0.25, 0.3) is 0 Å². The molecule has 0 saturated carbocycles. The van der Waals surface area contributed by atoms with Crippen LogP contribution in [0.3, 0.4) is 0 Å². The molecule has 0 saturated heterocycles. The molecule has 6 heteroatoms. The molecule has 0 aromatic heterocycles. The van der Waals surface area contributed by atoms with E-state index in [0.717, 1.165) is 24.3 Å². The Hall–Kier alpha value is 0.420. The Labute approximate surface area is 133 Å². The third kappa shape index (κ3) is 4.77. The second-order valence-electron chi connectivity index (χ2n) is 2.15. The van der Waals surface area contributed by atoms with E-state index in [-0.39, 0.29) is 78.4 Å². The molecule has 0 fully saturated rings. The monoisotopic (exact) mass is 228 g/mol. The Morgan fingerprint density at radius 1 is 0.857 bits per heavy atom. The van der Waals surface area contributed by atoms with Gasteiger partial charge in [0, 0.05) is 0 Å². The summed E-state index contributed by atoms with van der Waals surface area (Å²) >= 11 is 0. The molecule has 0 heterocycles. The number of hydrogen-bond acceptors (Lipinski definition) is 4. The van der Waals surface area contributed by atoms with E-state index >= 15 is 0 Å². The Bertz CT molecular complexity index is 290. The van der Waals surface area contributed by atoms with E-state index in [1.54, 1.807) is 0 Å². The fraction of sp³-hybridized carbons (Fsp3) is 0. The van der Waals surface area contributed by atoms with Crippen molar-refractivity contribution in [3.63, 3.8) is 0 Å². The molecular weight excluding hydrogens is 223 g/mol. The van der Waals surface area contributed by atoms with Gasteiger partial charge in [-0.1, -0.05) is 24.3 Å². The molecule has 14 heavy (non-hydrogen) atoms. The second kappa shape index (κ2) is 7.68. The summed E-state index contributed by atoms with van der Waals surface area (Å²) in [6.07, 6.45) is 0. The zero-order valence-corrected chi connectivity index (χ0v) is 8.86. The van der Waals surface area contributed by atoms with Crippen molar-refractivity contribution in [1.82, 2.24) is 0 Å². The average molecular weight is 228 g/mol. The van der Waals surface area contributed by atoms with Gasteiger partial charge in [0.15, 0.2) is 0 Å². The molecule has 0 aliphatic rings. The van der Waals surface area contributed by atoms with Gasteiger partial charge in [0.2, 0.25) is 0 Å². The molecule has 0 bridgehead atoms. The van der Waals surface area contributed by atoms with Gasteiger partial charge in [-0.05, 0) is 11.1 Å². The molecule has 1 aromatic carbocycles. The molecule has 0 atom stereocenters. The van der Waals surface area contributed by atoms with Crippen LogP contribution in [0.4, 0.5) is 0 Å². The number of rotatable bonds is 2. The van der Waals surface area contributed by atoms with Crippen LogP contribution in [-0.2, 0) is 0 Å². The predicted octanol–water partition coefficient (Wildman–Crippen LogP) is -2.62. The van der Waals surface area contributed by atoms with Gasteiger partial charge in [0.05, 0.1) is 11.9 Å². The van der Waals surface area contributed by atoms with Crippen molar-refractivity contribution in [1.29, 1.82) is 0 Å². The normalized spacial score (nSPS) is 8.00. The molecule has 0 aliphatic carbocycles. The third-order valence-corrected chi connectivity index (χ3v) is 1.36. The van der Waals surface area contributed by atoms with Crippen LogP contribution in [0, 0.1) is 0 Å². The quantitative estimate of drug-likeness (QED) is 0.519. The molecule has 0 radical (unpaired) electrons. The van der Waals surface area contributed by atoms with Crippen molar-refractivity contribution in [3.8, 4) is 0 Å². The van der Waals surface area contributed by atoms with E-state index in [1.807, 2.05) is 0 Å². The Morgan fingerprint density at radius 2 is 1.07 bits per heavy atom.